The Kier molecular flexibility index (Phi) is 5.84. The molecule has 1 saturated carbocycles. The van der Waals surface area contributed by atoms with Gasteiger partial charge in [-0.05, 0) is 25.8 Å². The van der Waals surface area contributed by atoms with E-state index in [-0.39, 0.29) is 28.6 Å². The van der Waals surface area contributed by atoms with Gasteiger partial charge in [0.05, 0.1) is 30.2 Å². The highest BCUT2D eigenvalue weighted by atomic mass is 19.1. The average Bonchev–Trinajstić information content (AvgIpc) is 3.54. The predicted octanol–water partition coefficient (Wildman–Crippen LogP) is 2.50. The van der Waals surface area contributed by atoms with Gasteiger partial charge in [0.25, 0.3) is 0 Å². The van der Waals surface area contributed by atoms with Crippen LogP contribution in [0, 0.1) is 28.5 Å². The molecule has 1 atom stereocenters. The maximum atomic E-state index is 13.8. The van der Waals surface area contributed by atoms with Crippen LogP contribution in [0.5, 0.6) is 0 Å². The van der Waals surface area contributed by atoms with Crippen molar-refractivity contribution in [2.24, 2.45) is 12.5 Å². The first-order valence-corrected chi connectivity index (χ1v) is 9.96. The van der Waals surface area contributed by atoms with Crippen LogP contribution in [-0.4, -0.2) is 41.9 Å². The highest BCUT2D eigenvalue weighted by molar-refractivity contribution is 5.98. The Labute approximate surface area is 191 Å². The molecule has 0 bridgehead atoms. The van der Waals surface area contributed by atoms with E-state index in [9.17, 15) is 18.4 Å². The molecule has 2 N–H and O–H groups in total. The molecule has 4 rings (SSSR count). The summed E-state index contributed by atoms with van der Waals surface area (Å²) in [5.41, 5.74) is -0.876. The fourth-order valence-electron chi connectivity index (χ4n) is 3.01. The van der Waals surface area contributed by atoms with Crippen LogP contribution in [0.25, 0.3) is 11.4 Å². The lowest BCUT2D eigenvalue weighted by Crippen LogP contribution is -2.23. The van der Waals surface area contributed by atoms with Gasteiger partial charge in [0.2, 0.25) is 11.9 Å². The maximum absolute atomic E-state index is 13.8. The molecule has 0 aliphatic heterocycles. The van der Waals surface area contributed by atoms with Crippen LogP contribution in [0.15, 0.2) is 24.7 Å². The number of carbonyl (C=O) groups excluding carboxylic acids is 2. The molecule has 0 saturated heterocycles. The topological polar surface area (TPSA) is 161 Å². The number of carbonyl (C=O) groups is 2. The summed E-state index contributed by atoms with van der Waals surface area (Å²) in [6.07, 6.45) is 2.16. The highest BCUT2D eigenvalue weighted by Crippen LogP contribution is 2.45. The van der Waals surface area contributed by atoms with Gasteiger partial charge in [0, 0.05) is 7.05 Å². The van der Waals surface area contributed by atoms with Crippen LogP contribution < -0.4 is 10.6 Å². The summed E-state index contributed by atoms with van der Waals surface area (Å²) < 4.78 is 33.6. The summed E-state index contributed by atoms with van der Waals surface area (Å²) in [6.45, 7) is 1.36. The molecule has 3 aromatic heterocycles. The fourth-order valence-corrected chi connectivity index (χ4v) is 3.01. The minimum Gasteiger partial charge on any atom is -0.441 e. The zero-order valence-corrected chi connectivity index (χ0v) is 17.9. The Morgan fingerprint density at radius 2 is 1.97 bits per heavy atom. The Balaban J connectivity index is 1.46. The molecule has 14 heteroatoms. The summed E-state index contributed by atoms with van der Waals surface area (Å²) >= 11 is 0. The van der Waals surface area contributed by atoms with Gasteiger partial charge in [0.15, 0.2) is 17.3 Å². The first kappa shape index (κ1) is 22.6. The summed E-state index contributed by atoms with van der Waals surface area (Å²) in [6, 6.07) is 2.88. The molecule has 12 nitrogen and oxygen atoms in total. The molecule has 0 aromatic carbocycles. The van der Waals surface area contributed by atoms with E-state index < -0.39 is 35.3 Å². The maximum Gasteiger partial charge on any atom is 0.413 e. The molecular formula is C20H17F2N9O3. The van der Waals surface area contributed by atoms with E-state index >= 15 is 0 Å². The van der Waals surface area contributed by atoms with Crippen molar-refractivity contribution in [3.8, 4) is 17.5 Å². The Hall–Kier alpha value is -4.54. The second kappa shape index (κ2) is 8.77. The third-order valence-corrected chi connectivity index (χ3v) is 5.14. The highest BCUT2D eigenvalue weighted by Gasteiger charge is 2.50. The first-order valence-electron chi connectivity index (χ1n) is 9.96. The Morgan fingerprint density at radius 3 is 2.62 bits per heavy atom. The average molecular weight is 469 g/mol. The number of rotatable bonds is 6. The van der Waals surface area contributed by atoms with Gasteiger partial charge >= 0.3 is 6.09 Å². The number of pyridine rings is 1. The Bertz CT molecular complexity index is 1300. The smallest absolute Gasteiger partial charge is 0.413 e. The monoisotopic (exact) mass is 469 g/mol. The van der Waals surface area contributed by atoms with E-state index in [4.69, 9.17) is 10.00 Å². The summed E-state index contributed by atoms with van der Waals surface area (Å²) in [5, 5.41) is 21.9. The predicted molar refractivity (Wildman–Crippen MR) is 111 cm³/mol. The van der Waals surface area contributed by atoms with Crippen molar-refractivity contribution in [1.29, 1.82) is 5.26 Å². The van der Waals surface area contributed by atoms with Crippen LogP contribution in [0.2, 0.25) is 0 Å². The van der Waals surface area contributed by atoms with E-state index in [1.54, 1.807) is 0 Å². The molecule has 174 valence electrons. The molecule has 2 amide bonds. The number of nitrogens with zero attached hydrogens (tertiary/aromatic N) is 7. The largest absolute Gasteiger partial charge is 0.441 e. The Morgan fingerprint density at radius 1 is 1.21 bits per heavy atom. The number of ether oxygens (including phenoxy) is 1. The zero-order chi connectivity index (χ0) is 24.5. The van der Waals surface area contributed by atoms with Gasteiger partial charge in [-0.1, -0.05) is 5.21 Å². The van der Waals surface area contributed by atoms with E-state index in [1.165, 1.54) is 31.0 Å². The number of nitrogens with one attached hydrogen (secondary N) is 2. The van der Waals surface area contributed by atoms with Crippen molar-refractivity contribution in [3.05, 3.63) is 42.0 Å². The van der Waals surface area contributed by atoms with Crippen molar-refractivity contribution in [3.63, 3.8) is 0 Å². The molecule has 0 radical (unpaired) electrons. The molecule has 3 aromatic rings. The molecule has 34 heavy (non-hydrogen) atoms. The summed E-state index contributed by atoms with van der Waals surface area (Å²) in [5.74, 6) is -1.94. The number of aryl methyl sites for hydroxylation is 1. The molecule has 3 heterocycles. The van der Waals surface area contributed by atoms with Crippen molar-refractivity contribution >= 4 is 23.6 Å². The van der Waals surface area contributed by atoms with Gasteiger partial charge in [-0.25, -0.2) is 28.8 Å². The first-order chi connectivity index (χ1) is 16.2. The number of anilines is 2. The number of hydrogen-bond donors (Lipinski definition) is 2. The second-order valence-electron chi connectivity index (χ2n) is 7.55. The van der Waals surface area contributed by atoms with Gasteiger partial charge in [0.1, 0.15) is 23.0 Å². The summed E-state index contributed by atoms with van der Waals surface area (Å²) in [7, 11) is 1.50. The number of nitriles is 1. The standard InChI is InChI=1S/C20H17F2N9O3/c1-10(12-5-11(21)6-26-16(12)22)34-19(33)28-17-15(29-30-31(17)2)13-7-25-14(8-24-13)27-18(32)20(9-23)3-4-20/h5-8,10H,3-4H2,1-2H3,(H,28,33)(H,25,27,32)/t10-/m1/s1. The zero-order valence-electron chi connectivity index (χ0n) is 17.9. The van der Waals surface area contributed by atoms with Gasteiger partial charge < -0.3 is 10.1 Å². The van der Waals surface area contributed by atoms with E-state index in [0.29, 0.717) is 19.0 Å². The van der Waals surface area contributed by atoms with Gasteiger partial charge in [-0.3, -0.25) is 10.1 Å². The van der Waals surface area contributed by atoms with E-state index in [0.717, 1.165) is 6.07 Å². The number of aromatic nitrogens is 6. The van der Waals surface area contributed by atoms with Gasteiger partial charge in [-0.2, -0.15) is 9.65 Å². The fraction of sp³-hybridized carbons (Fsp3) is 0.300. The van der Waals surface area contributed by atoms with Gasteiger partial charge in [-0.15, -0.1) is 5.10 Å². The summed E-state index contributed by atoms with van der Waals surface area (Å²) in [4.78, 5) is 36.1. The quantitative estimate of drug-likeness (QED) is 0.517. The molecule has 1 fully saturated rings. The molecule has 1 aliphatic carbocycles. The lowest BCUT2D eigenvalue weighted by molar-refractivity contribution is -0.119. The van der Waals surface area contributed by atoms with Crippen molar-refractivity contribution < 1.29 is 23.1 Å². The lowest BCUT2D eigenvalue weighted by atomic mass is 10.1. The third kappa shape index (κ3) is 4.49. The molecule has 0 spiro atoms. The lowest BCUT2D eigenvalue weighted by Gasteiger charge is -2.15. The van der Waals surface area contributed by atoms with Crippen LogP contribution in [0.3, 0.4) is 0 Å². The van der Waals surface area contributed by atoms with Crippen LogP contribution in [0.4, 0.5) is 25.2 Å². The van der Waals surface area contributed by atoms with Crippen molar-refractivity contribution in [2.45, 2.75) is 25.9 Å². The number of hydrogen-bond acceptors (Lipinski definition) is 9. The SMILES string of the molecule is C[C@@H](OC(=O)Nc1c(-c2cnc(NC(=O)C3(C#N)CC3)cn2)nnn1C)c1cc(F)cnc1F. The van der Waals surface area contributed by atoms with Crippen LogP contribution in [0.1, 0.15) is 31.4 Å². The number of amides is 2. The third-order valence-electron chi connectivity index (χ3n) is 5.14. The molecule has 1 aliphatic rings. The van der Waals surface area contributed by atoms with E-state index in [1.807, 2.05) is 6.07 Å². The minimum atomic E-state index is -1.14. The second-order valence-corrected chi connectivity index (χ2v) is 7.55. The van der Waals surface area contributed by atoms with Crippen molar-refractivity contribution in [2.75, 3.05) is 10.6 Å². The van der Waals surface area contributed by atoms with E-state index in [2.05, 4.69) is 35.9 Å². The molecule has 0 unspecified atom stereocenters. The molecular weight excluding hydrogens is 452 g/mol. The van der Waals surface area contributed by atoms with Crippen LogP contribution in [-0.2, 0) is 16.6 Å². The minimum absolute atomic E-state index is 0.0996. The number of halogens is 2. The van der Waals surface area contributed by atoms with Crippen LogP contribution >= 0.6 is 0 Å². The normalized spacial score (nSPS) is 14.6. The van der Waals surface area contributed by atoms with Crippen molar-refractivity contribution in [1.82, 2.24) is 29.9 Å².